The molecule has 1 rings (SSSR count). The highest BCUT2D eigenvalue weighted by Crippen LogP contribution is 2.21. The van der Waals surface area contributed by atoms with Crippen LogP contribution >= 0.6 is 0 Å². The zero-order chi connectivity index (χ0) is 12.1. The fraction of sp³-hybridized carbons (Fsp3) is 0.500. The van der Waals surface area contributed by atoms with E-state index in [-0.39, 0.29) is 24.8 Å². The summed E-state index contributed by atoms with van der Waals surface area (Å²) in [5.74, 6) is -1.43. The van der Waals surface area contributed by atoms with Crippen molar-refractivity contribution in [3.8, 4) is 0 Å². The summed E-state index contributed by atoms with van der Waals surface area (Å²) in [4.78, 5) is 5.37. The molecule has 1 aromatic rings. The predicted molar refractivity (Wildman–Crippen MR) is 58.7 cm³/mol. The zero-order valence-corrected chi connectivity index (χ0v) is 9.30. The lowest BCUT2D eigenvalue weighted by Gasteiger charge is -2.21. The Morgan fingerprint density at radius 3 is 2.62 bits per heavy atom. The Balaban J connectivity index is 3.10. The van der Waals surface area contributed by atoms with E-state index >= 15 is 0 Å². The van der Waals surface area contributed by atoms with Crippen molar-refractivity contribution in [2.24, 2.45) is 0 Å². The Bertz CT molecular complexity index is 360. The van der Waals surface area contributed by atoms with Crippen molar-refractivity contribution >= 4 is 11.6 Å². The molecule has 0 fully saturated rings. The number of aromatic nitrogens is 1. The minimum atomic E-state index is -0.733. The zero-order valence-electron chi connectivity index (χ0n) is 9.30. The smallest absolute Gasteiger partial charge is 0.168 e. The van der Waals surface area contributed by atoms with E-state index in [1.807, 2.05) is 0 Å². The second kappa shape index (κ2) is 5.60. The monoisotopic (exact) mass is 231 g/mol. The molecule has 1 aromatic heterocycles. The molecule has 0 unspecified atom stereocenters. The van der Waals surface area contributed by atoms with Crippen molar-refractivity contribution in [1.29, 1.82) is 0 Å². The van der Waals surface area contributed by atoms with Gasteiger partial charge in [0, 0.05) is 26.2 Å². The Kier molecular flexibility index (Phi) is 4.42. The Labute approximate surface area is 92.9 Å². The molecule has 0 aliphatic rings. The third kappa shape index (κ3) is 2.57. The molecule has 0 radical (unpaired) electrons. The van der Waals surface area contributed by atoms with E-state index in [9.17, 15) is 8.78 Å². The van der Waals surface area contributed by atoms with Crippen LogP contribution in [0.15, 0.2) is 6.07 Å². The van der Waals surface area contributed by atoms with Gasteiger partial charge in [-0.2, -0.15) is 0 Å². The number of hydrogen-bond acceptors (Lipinski definition) is 4. The highest BCUT2D eigenvalue weighted by molar-refractivity contribution is 5.48. The van der Waals surface area contributed by atoms with Crippen molar-refractivity contribution in [2.45, 2.75) is 6.92 Å². The van der Waals surface area contributed by atoms with Gasteiger partial charge in [-0.15, -0.1) is 0 Å². The molecule has 1 heterocycles. The van der Waals surface area contributed by atoms with E-state index in [0.717, 1.165) is 6.07 Å². The number of nitrogens with one attached hydrogen (secondary N) is 1. The summed E-state index contributed by atoms with van der Waals surface area (Å²) in [6.45, 7) is 2.44. The first-order valence-electron chi connectivity index (χ1n) is 5.03. The number of halogens is 2. The van der Waals surface area contributed by atoms with Gasteiger partial charge in [0.15, 0.2) is 23.3 Å². The maximum Gasteiger partial charge on any atom is 0.168 e. The van der Waals surface area contributed by atoms with Crippen molar-refractivity contribution < 1.29 is 13.9 Å². The summed E-state index contributed by atoms with van der Waals surface area (Å²) in [7, 11) is 1.51. The average molecular weight is 231 g/mol. The second-order valence-electron chi connectivity index (χ2n) is 3.18. The van der Waals surface area contributed by atoms with Gasteiger partial charge in [-0.1, -0.05) is 0 Å². The van der Waals surface area contributed by atoms with Crippen LogP contribution in [0.4, 0.5) is 20.4 Å². The Morgan fingerprint density at radius 1 is 1.44 bits per heavy atom. The van der Waals surface area contributed by atoms with Gasteiger partial charge >= 0.3 is 0 Å². The van der Waals surface area contributed by atoms with Gasteiger partial charge in [-0.25, -0.2) is 13.8 Å². The van der Waals surface area contributed by atoms with Crippen LogP contribution in [0.2, 0.25) is 0 Å². The van der Waals surface area contributed by atoms with Crippen LogP contribution < -0.4 is 10.2 Å². The van der Waals surface area contributed by atoms with Crippen molar-refractivity contribution in [1.82, 2.24) is 4.98 Å². The summed E-state index contributed by atoms with van der Waals surface area (Å²) in [5, 5.41) is 11.4. The standard InChI is InChI=1S/C10H15F2N3O/c1-3-15(4-5-16)10-8(12)6-7(11)9(13-2)14-10/h6,16H,3-5H2,1-2H3,(H,13,14). The fourth-order valence-corrected chi connectivity index (χ4v) is 1.39. The quantitative estimate of drug-likeness (QED) is 0.800. The number of pyridine rings is 1. The minimum absolute atomic E-state index is 0.00668. The molecule has 0 aliphatic carbocycles. The van der Waals surface area contributed by atoms with E-state index in [1.54, 1.807) is 6.92 Å². The lowest BCUT2D eigenvalue weighted by Crippen LogP contribution is -2.28. The van der Waals surface area contributed by atoms with Gasteiger partial charge in [0.2, 0.25) is 0 Å². The summed E-state index contributed by atoms with van der Waals surface area (Å²) in [5.41, 5.74) is 0. The normalized spacial score (nSPS) is 10.3. The first kappa shape index (κ1) is 12.6. The molecule has 0 amide bonds. The molecular formula is C10H15F2N3O. The van der Waals surface area contributed by atoms with Crippen molar-refractivity contribution in [2.75, 3.05) is 37.0 Å². The molecule has 0 saturated carbocycles. The molecule has 0 spiro atoms. The maximum atomic E-state index is 13.5. The topological polar surface area (TPSA) is 48.4 Å². The highest BCUT2D eigenvalue weighted by atomic mass is 19.1. The van der Waals surface area contributed by atoms with Crippen LogP contribution in [0.3, 0.4) is 0 Å². The van der Waals surface area contributed by atoms with E-state index in [4.69, 9.17) is 5.11 Å². The summed E-state index contributed by atoms with van der Waals surface area (Å²) in [6.07, 6.45) is 0. The van der Waals surface area contributed by atoms with Crippen molar-refractivity contribution in [3.05, 3.63) is 17.7 Å². The molecule has 90 valence electrons. The van der Waals surface area contributed by atoms with Gasteiger partial charge in [-0.3, -0.25) is 0 Å². The minimum Gasteiger partial charge on any atom is -0.395 e. The lowest BCUT2D eigenvalue weighted by atomic mass is 10.3. The highest BCUT2D eigenvalue weighted by Gasteiger charge is 2.15. The second-order valence-corrected chi connectivity index (χ2v) is 3.18. The predicted octanol–water partition coefficient (Wildman–Crippen LogP) is 1.22. The molecule has 0 aliphatic heterocycles. The molecule has 16 heavy (non-hydrogen) atoms. The van der Waals surface area contributed by atoms with Crippen LogP contribution in [-0.2, 0) is 0 Å². The van der Waals surface area contributed by atoms with Gasteiger partial charge in [-0.05, 0) is 6.92 Å². The molecular weight excluding hydrogens is 216 g/mol. The number of hydrogen-bond donors (Lipinski definition) is 2. The number of aliphatic hydroxyl groups is 1. The van der Waals surface area contributed by atoms with Crippen LogP contribution in [0, 0.1) is 11.6 Å². The summed E-state index contributed by atoms with van der Waals surface area (Å²) in [6, 6.07) is 0.786. The first-order valence-corrected chi connectivity index (χ1v) is 5.03. The van der Waals surface area contributed by atoms with Gasteiger partial charge in [0.1, 0.15) is 0 Å². The SMILES string of the molecule is CCN(CCO)c1nc(NC)c(F)cc1F. The number of anilines is 2. The number of nitrogens with zero attached hydrogens (tertiary/aromatic N) is 2. The molecule has 0 atom stereocenters. The van der Waals surface area contributed by atoms with E-state index in [0.29, 0.717) is 6.54 Å². The molecule has 0 bridgehead atoms. The number of aliphatic hydroxyl groups excluding tert-OH is 1. The molecule has 0 aromatic carbocycles. The van der Waals surface area contributed by atoms with Crippen LogP contribution in [0.5, 0.6) is 0 Å². The maximum absolute atomic E-state index is 13.5. The van der Waals surface area contributed by atoms with Crippen LogP contribution in [0.25, 0.3) is 0 Å². The third-order valence-electron chi connectivity index (χ3n) is 2.20. The van der Waals surface area contributed by atoms with Crippen LogP contribution in [-0.4, -0.2) is 36.8 Å². The molecule has 0 saturated heterocycles. The Hall–Kier alpha value is -1.43. The van der Waals surface area contributed by atoms with Gasteiger partial charge in [0.25, 0.3) is 0 Å². The Morgan fingerprint density at radius 2 is 2.12 bits per heavy atom. The average Bonchev–Trinajstić information content (AvgIpc) is 2.27. The number of rotatable bonds is 5. The van der Waals surface area contributed by atoms with Crippen LogP contribution in [0.1, 0.15) is 6.92 Å². The summed E-state index contributed by atoms with van der Waals surface area (Å²) >= 11 is 0. The van der Waals surface area contributed by atoms with E-state index in [2.05, 4.69) is 10.3 Å². The third-order valence-corrected chi connectivity index (χ3v) is 2.20. The fourth-order valence-electron chi connectivity index (χ4n) is 1.39. The van der Waals surface area contributed by atoms with Gasteiger partial charge in [0.05, 0.1) is 6.61 Å². The van der Waals surface area contributed by atoms with E-state index < -0.39 is 11.6 Å². The number of likely N-dealkylation sites (N-methyl/N-ethyl adjacent to an activating group) is 1. The summed E-state index contributed by atoms with van der Waals surface area (Å²) < 4.78 is 26.6. The molecule has 6 heteroatoms. The largest absolute Gasteiger partial charge is 0.395 e. The van der Waals surface area contributed by atoms with Crippen molar-refractivity contribution in [3.63, 3.8) is 0 Å². The first-order chi connectivity index (χ1) is 7.63. The molecule has 4 nitrogen and oxygen atoms in total. The lowest BCUT2D eigenvalue weighted by molar-refractivity contribution is 0.301. The van der Waals surface area contributed by atoms with E-state index in [1.165, 1.54) is 11.9 Å². The van der Waals surface area contributed by atoms with Gasteiger partial charge < -0.3 is 15.3 Å². The molecule has 2 N–H and O–H groups in total.